The lowest BCUT2D eigenvalue weighted by Crippen LogP contribution is -2.42. The van der Waals surface area contributed by atoms with Gasteiger partial charge in [0.2, 0.25) is 5.91 Å². The van der Waals surface area contributed by atoms with E-state index in [1.165, 1.54) is 24.4 Å². The highest BCUT2D eigenvalue weighted by Crippen LogP contribution is 2.31. The number of hydrogen-bond donors (Lipinski definition) is 2. The van der Waals surface area contributed by atoms with Gasteiger partial charge < -0.3 is 15.5 Å². The van der Waals surface area contributed by atoms with Crippen LogP contribution in [-0.4, -0.2) is 45.7 Å². The number of pyridine rings is 2. The molecular weight excluding hydrogens is 595 g/mol. The molecule has 234 valence electrons. The van der Waals surface area contributed by atoms with E-state index < -0.39 is 29.6 Å². The Morgan fingerprint density at radius 1 is 0.826 bits per heavy atom. The highest BCUT2D eigenvalue weighted by atomic mass is 19.4. The third-order valence-electron chi connectivity index (χ3n) is 7.46. The van der Waals surface area contributed by atoms with Gasteiger partial charge in [-0.25, -0.2) is 4.98 Å². The molecule has 2 heterocycles. The Kier molecular flexibility index (Phi) is 9.41. The molecule has 0 bridgehead atoms. The van der Waals surface area contributed by atoms with Crippen LogP contribution in [0, 0.1) is 0 Å². The second-order valence-corrected chi connectivity index (χ2v) is 10.4. The molecule has 0 saturated carbocycles. The smallest absolute Gasteiger partial charge is 0.341 e. The van der Waals surface area contributed by atoms with Gasteiger partial charge >= 0.3 is 6.18 Å². The Bertz CT molecular complexity index is 1880. The zero-order valence-electron chi connectivity index (χ0n) is 25.0. The molecule has 8 nitrogen and oxygen atoms in total. The normalized spacial score (nSPS) is 11.9. The van der Waals surface area contributed by atoms with E-state index in [0.29, 0.717) is 40.7 Å². The first kappa shape index (κ1) is 31.8. The summed E-state index contributed by atoms with van der Waals surface area (Å²) in [5.74, 6) is -0.954. The number of fused-ring (bicyclic) bond motifs is 1. The number of carbonyl (C=O) groups excluding carboxylic acids is 3. The summed E-state index contributed by atoms with van der Waals surface area (Å²) in [6, 6.07) is 23.8. The maximum Gasteiger partial charge on any atom is 0.416 e. The summed E-state index contributed by atoms with van der Waals surface area (Å²) >= 11 is 0. The third kappa shape index (κ3) is 7.04. The number of benzene rings is 3. The first-order valence-electron chi connectivity index (χ1n) is 14.6. The van der Waals surface area contributed by atoms with E-state index in [-0.39, 0.29) is 23.0 Å². The zero-order chi connectivity index (χ0) is 32.8. The first-order valence-corrected chi connectivity index (χ1v) is 14.6. The summed E-state index contributed by atoms with van der Waals surface area (Å²) < 4.78 is 39.1. The highest BCUT2D eigenvalue weighted by molar-refractivity contribution is 6.08. The number of nitrogens with one attached hydrogen (secondary N) is 2. The second kappa shape index (κ2) is 13.6. The largest absolute Gasteiger partial charge is 0.416 e. The molecule has 0 aliphatic heterocycles. The van der Waals surface area contributed by atoms with E-state index in [1.807, 2.05) is 32.0 Å². The van der Waals surface area contributed by atoms with Crippen molar-refractivity contribution >= 4 is 34.4 Å². The van der Waals surface area contributed by atoms with Gasteiger partial charge in [0.15, 0.2) is 0 Å². The van der Waals surface area contributed by atoms with Gasteiger partial charge in [-0.05, 0) is 74.0 Å². The monoisotopic (exact) mass is 625 g/mol. The lowest BCUT2D eigenvalue weighted by atomic mass is 10.0. The lowest BCUT2D eigenvalue weighted by molar-refractivity contribution is -0.137. The second-order valence-electron chi connectivity index (χ2n) is 10.4. The van der Waals surface area contributed by atoms with Gasteiger partial charge in [-0.1, -0.05) is 42.5 Å². The standard InChI is InChI=1S/C35H30F3N5O3/c1-3-43(4-2)34(46)31(22-9-6-5-7-10-22)42-32(44)25-14-18-28-24(21-25)15-19-29(40-28)41-33(45)27-11-8-20-39-30(27)23-12-16-26(17-13-23)35(36,37)38/h5-21,31H,3-4H2,1-2H3,(H,42,44)(H,40,41,45)/t31-/m0/s1. The van der Waals surface area contributed by atoms with Gasteiger partial charge in [-0.2, -0.15) is 13.2 Å². The van der Waals surface area contributed by atoms with E-state index in [2.05, 4.69) is 20.6 Å². The molecule has 0 unspecified atom stereocenters. The quantitative estimate of drug-likeness (QED) is 0.185. The number of rotatable bonds is 9. The molecule has 1 atom stereocenters. The molecule has 0 fully saturated rings. The number of halogens is 3. The topological polar surface area (TPSA) is 104 Å². The van der Waals surface area contributed by atoms with Crippen LogP contribution in [0.15, 0.2) is 103 Å². The summed E-state index contributed by atoms with van der Waals surface area (Å²) in [5, 5.41) is 6.23. The van der Waals surface area contributed by atoms with Crippen LogP contribution in [0.25, 0.3) is 22.2 Å². The van der Waals surface area contributed by atoms with Gasteiger partial charge in [0.1, 0.15) is 11.9 Å². The summed E-state index contributed by atoms with van der Waals surface area (Å²) in [5.41, 5.74) is 1.43. The van der Waals surface area contributed by atoms with Gasteiger partial charge in [0.25, 0.3) is 11.8 Å². The highest BCUT2D eigenvalue weighted by Gasteiger charge is 2.30. The number of alkyl halides is 3. The van der Waals surface area contributed by atoms with Crippen molar-refractivity contribution in [2.24, 2.45) is 0 Å². The van der Waals surface area contributed by atoms with Crippen LogP contribution in [0.2, 0.25) is 0 Å². The maximum atomic E-state index is 13.3. The molecule has 0 radical (unpaired) electrons. The fourth-order valence-corrected chi connectivity index (χ4v) is 5.02. The SMILES string of the molecule is CCN(CC)C(=O)[C@@H](NC(=O)c1ccc2nc(NC(=O)c3cccnc3-c3ccc(C(F)(F)F)cc3)ccc2c1)c1ccccc1. The Labute approximate surface area is 263 Å². The number of carbonyl (C=O) groups is 3. The van der Waals surface area contributed by atoms with Crippen molar-refractivity contribution in [1.82, 2.24) is 20.2 Å². The van der Waals surface area contributed by atoms with E-state index in [4.69, 9.17) is 0 Å². The molecule has 3 amide bonds. The molecular formula is C35H30F3N5O3. The molecule has 5 rings (SSSR count). The predicted molar refractivity (Wildman–Crippen MR) is 169 cm³/mol. The average Bonchev–Trinajstić information content (AvgIpc) is 3.07. The molecule has 0 saturated heterocycles. The predicted octanol–water partition coefficient (Wildman–Crippen LogP) is 6.91. The molecule has 2 aromatic heterocycles. The van der Waals surface area contributed by atoms with Crippen LogP contribution in [0.4, 0.5) is 19.0 Å². The number of anilines is 1. The number of hydrogen-bond acceptors (Lipinski definition) is 5. The molecule has 46 heavy (non-hydrogen) atoms. The van der Waals surface area contributed by atoms with Crippen molar-refractivity contribution in [1.29, 1.82) is 0 Å². The fourth-order valence-electron chi connectivity index (χ4n) is 5.02. The van der Waals surface area contributed by atoms with Crippen molar-refractivity contribution in [3.05, 3.63) is 126 Å². The van der Waals surface area contributed by atoms with E-state index in [1.54, 1.807) is 53.4 Å². The lowest BCUT2D eigenvalue weighted by Gasteiger charge is -2.26. The Hall–Kier alpha value is -5.58. The molecule has 11 heteroatoms. The van der Waals surface area contributed by atoms with Crippen molar-refractivity contribution in [3.63, 3.8) is 0 Å². The van der Waals surface area contributed by atoms with Gasteiger partial charge in [-0.3, -0.25) is 19.4 Å². The van der Waals surface area contributed by atoms with E-state index in [0.717, 1.165) is 12.1 Å². The fraction of sp³-hybridized carbons (Fsp3) is 0.171. The Morgan fingerprint density at radius 3 is 2.22 bits per heavy atom. The Morgan fingerprint density at radius 2 is 1.54 bits per heavy atom. The molecule has 0 aliphatic carbocycles. The van der Waals surface area contributed by atoms with E-state index in [9.17, 15) is 27.6 Å². The summed E-state index contributed by atoms with van der Waals surface area (Å²) in [7, 11) is 0. The third-order valence-corrected chi connectivity index (χ3v) is 7.46. The van der Waals surface area contributed by atoms with Crippen LogP contribution in [-0.2, 0) is 11.0 Å². The van der Waals surface area contributed by atoms with E-state index >= 15 is 0 Å². The van der Waals surface area contributed by atoms with Gasteiger partial charge in [0.05, 0.1) is 22.3 Å². The average molecular weight is 626 g/mol. The zero-order valence-corrected chi connectivity index (χ0v) is 25.0. The number of likely N-dealkylation sites (N-methyl/N-ethyl adjacent to an activating group) is 1. The minimum Gasteiger partial charge on any atom is -0.341 e. The molecule has 3 aromatic carbocycles. The van der Waals surface area contributed by atoms with Crippen molar-refractivity contribution < 1.29 is 27.6 Å². The molecule has 0 spiro atoms. The van der Waals surface area contributed by atoms with Crippen LogP contribution in [0.5, 0.6) is 0 Å². The first-order chi connectivity index (χ1) is 22.1. The van der Waals surface area contributed by atoms with Gasteiger partial charge in [0, 0.05) is 35.8 Å². The van der Waals surface area contributed by atoms with Crippen LogP contribution < -0.4 is 10.6 Å². The number of aromatic nitrogens is 2. The van der Waals surface area contributed by atoms with Crippen molar-refractivity contribution in [2.45, 2.75) is 26.1 Å². The molecule has 0 aliphatic rings. The van der Waals surface area contributed by atoms with Crippen LogP contribution >= 0.6 is 0 Å². The van der Waals surface area contributed by atoms with Crippen molar-refractivity contribution in [2.75, 3.05) is 18.4 Å². The van der Waals surface area contributed by atoms with Crippen molar-refractivity contribution in [3.8, 4) is 11.3 Å². The molecule has 5 aromatic rings. The molecule has 2 N–H and O–H groups in total. The summed E-state index contributed by atoms with van der Waals surface area (Å²) in [4.78, 5) is 50.2. The minimum absolute atomic E-state index is 0.156. The van der Waals surface area contributed by atoms with Crippen LogP contribution in [0.3, 0.4) is 0 Å². The number of amides is 3. The maximum absolute atomic E-state index is 13.3. The van der Waals surface area contributed by atoms with Gasteiger partial charge in [-0.15, -0.1) is 0 Å². The summed E-state index contributed by atoms with van der Waals surface area (Å²) in [6.07, 6.45) is -3.03. The number of nitrogens with zero attached hydrogens (tertiary/aromatic N) is 3. The van der Waals surface area contributed by atoms with Crippen LogP contribution in [0.1, 0.15) is 51.7 Å². The Balaban J connectivity index is 1.34. The summed E-state index contributed by atoms with van der Waals surface area (Å²) in [6.45, 7) is 4.78. The minimum atomic E-state index is -4.48.